The van der Waals surface area contributed by atoms with E-state index in [-0.39, 0.29) is 26.2 Å². The standard InChI is InChI=1S/2C9H13.C7H7Cl.Zr/c2*1-2-3-6-9-7-4-5-8-9;8-6-7-4-2-1-3-5-7;/h2*4,7H,2-3,5-6H2,1H3;1-5H,6H2;/q2*-1;;+2. The molecule has 0 amide bonds. The first-order chi connectivity index (χ1) is 12.8. The Morgan fingerprint density at radius 3 is 1.59 bits per heavy atom. The van der Waals surface area contributed by atoms with Crippen LogP contribution in [0.2, 0.25) is 0 Å². The number of benzene rings is 1. The van der Waals surface area contributed by atoms with Gasteiger partial charge in [-0.1, -0.05) is 82.7 Å². The topological polar surface area (TPSA) is 0 Å². The number of hydrogen-bond acceptors (Lipinski definition) is 0. The second kappa shape index (κ2) is 18.7. The minimum Gasteiger partial charge on any atom is -0.269 e. The van der Waals surface area contributed by atoms with Crippen LogP contribution in [0.1, 0.15) is 70.8 Å². The SMILES string of the molecule is CCCCC1=[C-]CC=C1.CCCCC1=[C-]CC=C1.ClCc1ccccc1.[Zr+2]. The molecule has 0 N–H and O–H groups in total. The zero-order valence-corrected chi connectivity index (χ0v) is 20.2. The monoisotopic (exact) mass is 458 g/mol. The van der Waals surface area contributed by atoms with E-state index in [2.05, 4.69) is 50.3 Å². The summed E-state index contributed by atoms with van der Waals surface area (Å²) < 4.78 is 0. The Hall–Kier alpha value is -0.647. The van der Waals surface area contributed by atoms with Crippen LogP contribution in [0.25, 0.3) is 0 Å². The van der Waals surface area contributed by atoms with Gasteiger partial charge >= 0.3 is 26.2 Å². The largest absolute Gasteiger partial charge is 2.00 e. The van der Waals surface area contributed by atoms with Crippen molar-refractivity contribution < 1.29 is 26.2 Å². The third-order valence-electron chi connectivity index (χ3n) is 4.13. The van der Waals surface area contributed by atoms with Gasteiger partial charge in [-0.05, 0) is 5.56 Å². The number of allylic oxidation sites excluding steroid dienone is 8. The smallest absolute Gasteiger partial charge is 0.269 e. The molecule has 0 aromatic heterocycles. The van der Waals surface area contributed by atoms with Gasteiger partial charge in [-0.25, -0.2) is 23.3 Å². The van der Waals surface area contributed by atoms with Gasteiger partial charge in [0.05, 0.1) is 0 Å². The van der Waals surface area contributed by atoms with Gasteiger partial charge in [0.2, 0.25) is 0 Å². The van der Waals surface area contributed by atoms with Crippen molar-refractivity contribution in [1.82, 2.24) is 0 Å². The van der Waals surface area contributed by atoms with Crippen molar-refractivity contribution in [3.05, 3.63) is 83.5 Å². The van der Waals surface area contributed by atoms with Gasteiger partial charge in [0.1, 0.15) is 0 Å². The van der Waals surface area contributed by atoms with Gasteiger partial charge in [-0.15, -0.1) is 24.4 Å². The maximum Gasteiger partial charge on any atom is 2.00 e. The second-order valence-corrected chi connectivity index (χ2v) is 6.71. The summed E-state index contributed by atoms with van der Waals surface area (Å²) in [5.74, 6) is 0.612. The summed E-state index contributed by atoms with van der Waals surface area (Å²) in [6, 6.07) is 9.96. The number of unbranched alkanes of at least 4 members (excludes halogenated alkanes) is 2. The molecule has 2 aliphatic carbocycles. The summed E-state index contributed by atoms with van der Waals surface area (Å²) >= 11 is 5.53. The van der Waals surface area contributed by atoms with Crippen molar-refractivity contribution in [1.29, 1.82) is 0 Å². The average molecular weight is 460 g/mol. The van der Waals surface area contributed by atoms with E-state index >= 15 is 0 Å². The summed E-state index contributed by atoms with van der Waals surface area (Å²) in [4.78, 5) is 0. The molecular formula is C25H33ClZr. The fraction of sp³-hybridized carbons (Fsp3) is 0.440. The minimum atomic E-state index is 0. The summed E-state index contributed by atoms with van der Waals surface area (Å²) in [7, 11) is 0. The van der Waals surface area contributed by atoms with Crippen LogP contribution >= 0.6 is 11.6 Å². The Morgan fingerprint density at radius 2 is 1.30 bits per heavy atom. The Morgan fingerprint density at radius 1 is 0.815 bits per heavy atom. The molecular weight excluding hydrogens is 427 g/mol. The molecule has 0 unspecified atom stereocenters. The van der Waals surface area contributed by atoms with Crippen LogP contribution in [0.3, 0.4) is 0 Å². The molecule has 0 bridgehead atoms. The van der Waals surface area contributed by atoms with Crippen molar-refractivity contribution in [3.63, 3.8) is 0 Å². The van der Waals surface area contributed by atoms with Gasteiger partial charge in [0.15, 0.2) is 0 Å². The molecule has 144 valence electrons. The first-order valence-electron chi connectivity index (χ1n) is 9.92. The van der Waals surface area contributed by atoms with E-state index < -0.39 is 0 Å². The Bertz CT molecular complexity index is 548. The molecule has 0 heterocycles. The van der Waals surface area contributed by atoms with Gasteiger partial charge in [-0.3, -0.25) is 12.2 Å². The summed E-state index contributed by atoms with van der Waals surface area (Å²) in [6.45, 7) is 4.44. The van der Waals surface area contributed by atoms with Gasteiger partial charge in [0, 0.05) is 5.88 Å². The van der Waals surface area contributed by atoms with Crippen LogP contribution in [0.4, 0.5) is 0 Å². The first kappa shape index (κ1) is 26.4. The molecule has 0 saturated carbocycles. The van der Waals surface area contributed by atoms with Crippen molar-refractivity contribution in [2.24, 2.45) is 0 Å². The Balaban J connectivity index is 0.000000369. The predicted molar refractivity (Wildman–Crippen MR) is 116 cm³/mol. The molecule has 0 nitrogen and oxygen atoms in total. The molecule has 0 fully saturated rings. The van der Waals surface area contributed by atoms with Crippen molar-refractivity contribution in [3.8, 4) is 0 Å². The van der Waals surface area contributed by atoms with Crippen LogP contribution in [0, 0.1) is 12.2 Å². The molecule has 0 radical (unpaired) electrons. The molecule has 27 heavy (non-hydrogen) atoms. The van der Waals surface area contributed by atoms with Gasteiger partial charge < -0.3 is 0 Å². The maximum absolute atomic E-state index is 5.53. The third-order valence-corrected chi connectivity index (χ3v) is 4.44. The molecule has 0 saturated heterocycles. The molecule has 0 aliphatic heterocycles. The van der Waals surface area contributed by atoms with Crippen LogP contribution in [-0.4, -0.2) is 0 Å². The molecule has 3 rings (SSSR count). The number of alkyl halides is 1. The zero-order chi connectivity index (χ0) is 18.9. The second-order valence-electron chi connectivity index (χ2n) is 6.44. The predicted octanol–water partition coefficient (Wildman–Crippen LogP) is 8.16. The summed E-state index contributed by atoms with van der Waals surface area (Å²) in [6.07, 6.45) is 25.1. The summed E-state index contributed by atoms with van der Waals surface area (Å²) in [5, 5.41) is 0. The number of rotatable bonds is 7. The van der Waals surface area contributed by atoms with E-state index in [1.165, 1.54) is 55.2 Å². The number of hydrogen-bond donors (Lipinski definition) is 0. The maximum atomic E-state index is 5.53. The van der Waals surface area contributed by atoms with Crippen LogP contribution in [-0.2, 0) is 32.1 Å². The van der Waals surface area contributed by atoms with Crippen LogP contribution in [0.15, 0.2) is 65.8 Å². The molecule has 2 aliphatic rings. The molecule has 1 aromatic rings. The van der Waals surface area contributed by atoms with Crippen LogP contribution in [0.5, 0.6) is 0 Å². The average Bonchev–Trinajstić information content (AvgIpc) is 3.40. The number of halogens is 1. The van der Waals surface area contributed by atoms with E-state index in [0.717, 1.165) is 12.8 Å². The van der Waals surface area contributed by atoms with Crippen molar-refractivity contribution >= 4 is 11.6 Å². The van der Waals surface area contributed by atoms with E-state index in [1.54, 1.807) is 0 Å². The van der Waals surface area contributed by atoms with E-state index in [1.807, 2.05) is 30.3 Å². The van der Waals surface area contributed by atoms with Crippen LogP contribution < -0.4 is 0 Å². The molecule has 0 atom stereocenters. The van der Waals surface area contributed by atoms with Crippen molar-refractivity contribution in [2.75, 3.05) is 0 Å². The van der Waals surface area contributed by atoms with E-state index in [0.29, 0.717) is 5.88 Å². The summed E-state index contributed by atoms with van der Waals surface area (Å²) in [5.41, 5.74) is 4.00. The minimum absolute atomic E-state index is 0. The first-order valence-corrected chi connectivity index (χ1v) is 10.5. The fourth-order valence-electron chi connectivity index (χ4n) is 2.55. The van der Waals surface area contributed by atoms with E-state index in [9.17, 15) is 0 Å². The third kappa shape index (κ3) is 14.1. The zero-order valence-electron chi connectivity index (χ0n) is 16.9. The Labute approximate surface area is 191 Å². The molecule has 0 spiro atoms. The quantitative estimate of drug-likeness (QED) is 0.285. The van der Waals surface area contributed by atoms with Gasteiger partial charge in [-0.2, -0.15) is 12.2 Å². The molecule has 2 heteroatoms. The van der Waals surface area contributed by atoms with Crippen molar-refractivity contribution in [2.45, 2.75) is 71.1 Å². The van der Waals surface area contributed by atoms with E-state index in [4.69, 9.17) is 11.6 Å². The Kier molecular flexibility index (Phi) is 18.3. The molecule has 1 aromatic carbocycles. The van der Waals surface area contributed by atoms with Gasteiger partial charge in [0.25, 0.3) is 0 Å². The normalized spacial score (nSPS) is 13.6. The fourth-order valence-corrected chi connectivity index (χ4v) is 2.72.